The molecule has 1 aromatic heterocycles. The number of nitrogens with two attached hydrogens (primary N) is 1. The van der Waals surface area contributed by atoms with Crippen LogP contribution in [0.1, 0.15) is 16.1 Å². The third-order valence-corrected chi connectivity index (χ3v) is 3.85. The standard InChI is InChI=1S/C11H9Cl2FN2S/c1-5-9(17-11(15)16-5)4-6-2-7(12)10(14)8(13)3-6/h2-3H,4H2,1H3,(H2,15,16). The number of anilines is 1. The van der Waals surface area contributed by atoms with Gasteiger partial charge in [-0.05, 0) is 24.6 Å². The predicted molar refractivity (Wildman–Crippen MR) is 70.5 cm³/mol. The van der Waals surface area contributed by atoms with Crippen LogP contribution in [0, 0.1) is 12.7 Å². The number of hydrogen-bond acceptors (Lipinski definition) is 3. The number of aryl methyl sites for hydroxylation is 1. The number of aromatic nitrogens is 1. The summed E-state index contributed by atoms with van der Waals surface area (Å²) in [4.78, 5) is 5.15. The third kappa shape index (κ3) is 2.70. The highest BCUT2D eigenvalue weighted by Gasteiger charge is 2.11. The highest BCUT2D eigenvalue weighted by Crippen LogP contribution is 2.28. The van der Waals surface area contributed by atoms with E-state index in [0.717, 1.165) is 16.1 Å². The maximum Gasteiger partial charge on any atom is 0.180 e. The molecular formula is C11H9Cl2FN2S. The molecule has 2 aromatic rings. The fourth-order valence-corrected chi connectivity index (χ4v) is 2.91. The summed E-state index contributed by atoms with van der Waals surface area (Å²) in [6.07, 6.45) is 0.598. The highest BCUT2D eigenvalue weighted by molar-refractivity contribution is 7.15. The van der Waals surface area contributed by atoms with Gasteiger partial charge in [-0.3, -0.25) is 0 Å². The van der Waals surface area contributed by atoms with Crippen LogP contribution in [0.3, 0.4) is 0 Å². The Hall–Kier alpha value is -0.840. The van der Waals surface area contributed by atoms with Crippen molar-refractivity contribution in [2.45, 2.75) is 13.3 Å². The Balaban J connectivity index is 2.33. The Bertz CT molecular complexity index is 546. The van der Waals surface area contributed by atoms with Gasteiger partial charge in [0.25, 0.3) is 0 Å². The molecule has 17 heavy (non-hydrogen) atoms. The lowest BCUT2D eigenvalue weighted by atomic mass is 10.1. The van der Waals surface area contributed by atoms with Crippen LogP contribution in [0.15, 0.2) is 12.1 Å². The van der Waals surface area contributed by atoms with Crippen LogP contribution in [-0.2, 0) is 6.42 Å². The lowest BCUT2D eigenvalue weighted by Crippen LogP contribution is -1.90. The normalized spacial score (nSPS) is 10.8. The first-order valence-corrected chi connectivity index (χ1v) is 6.40. The molecule has 6 heteroatoms. The first kappa shape index (κ1) is 12.6. The second-order valence-electron chi connectivity index (χ2n) is 3.61. The van der Waals surface area contributed by atoms with Gasteiger partial charge in [0.1, 0.15) is 0 Å². The lowest BCUT2D eigenvalue weighted by molar-refractivity contribution is 0.628. The number of halogens is 3. The van der Waals surface area contributed by atoms with Crippen molar-refractivity contribution in [1.29, 1.82) is 0 Å². The van der Waals surface area contributed by atoms with Crippen molar-refractivity contribution < 1.29 is 4.39 Å². The van der Waals surface area contributed by atoms with E-state index in [0.29, 0.717) is 11.6 Å². The van der Waals surface area contributed by atoms with Gasteiger partial charge in [0.05, 0.1) is 15.7 Å². The van der Waals surface area contributed by atoms with Crippen molar-refractivity contribution in [3.8, 4) is 0 Å². The molecule has 0 radical (unpaired) electrons. The molecule has 2 rings (SSSR count). The van der Waals surface area contributed by atoms with E-state index < -0.39 is 5.82 Å². The molecule has 0 aliphatic rings. The van der Waals surface area contributed by atoms with Crippen LogP contribution >= 0.6 is 34.5 Å². The van der Waals surface area contributed by atoms with Crippen LogP contribution in [0.5, 0.6) is 0 Å². The minimum absolute atomic E-state index is 0.0302. The summed E-state index contributed by atoms with van der Waals surface area (Å²) in [5, 5.41) is 0.585. The molecule has 0 bridgehead atoms. The van der Waals surface area contributed by atoms with E-state index in [9.17, 15) is 4.39 Å². The maximum atomic E-state index is 13.2. The Morgan fingerprint density at radius 3 is 2.41 bits per heavy atom. The average molecular weight is 291 g/mol. The summed E-state index contributed by atoms with van der Waals surface area (Å²) in [6.45, 7) is 1.88. The molecule has 1 aromatic carbocycles. The molecule has 0 amide bonds. The van der Waals surface area contributed by atoms with Gasteiger partial charge in [0, 0.05) is 11.3 Å². The Morgan fingerprint density at radius 2 is 1.94 bits per heavy atom. The van der Waals surface area contributed by atoms with Gasteiger partial charge in [-0.1, -0.05) is 23.2 Å². The monoisotopic (exact) mass is 290 g/mol. The van der Waals surface area contributed by atoms with Gasteiger partial charge < -0.3 is 5.73 Å². The Labute approximate surface area is 112 Å². The first-order chi connectivity index (χ1) is 7.97. The van der Waals surface area contributed by atoms with Crippen molar-refractivity contribution >= 4 is 39.7 Å². The Morgan fingerprint density at radius 1 is 1.35 bits per heavy atom. The van der Waals surface area contributed by atoms with Crippen LogP contribution in [0.25, 0.3) is 0 Å². The molecule has 0 saturated heterocycles. The van der Waals surface area contributed by atoms with E-state index in [1.165, 1.54) is 11.3 Å². The van der Waals surface area contributed by atoms with Gasteiger partial charge in [-0.25, -0.2) is 9.37 Å². The predicted octanol–water partition coefficient (Wildman–Crippen LogP) is 4.07. The van der Waals surface area contributed by atoms with E-state index >= 15 is 0 Å². The molecule has 0 spiro atoms. The van der Waals surface area contributed by atoms with Gasteiger partial charge in [0.15, 0.2) is 10.9 Å². The second kappa shape index (κ2) is 4.80. The molecule has 2 nitrogen and oxygen atoms in total. The smallest absolute Gasteiger partial charge is 0.180 e. The zero-order chi connectivity index (χ0) is 12.6. The summed E-state index contributed by atoms with van der Waals surface area (Å²) in [6, 6.07) is 3.14. The summed E-state index contributed by atoms with van der Waals surface area (Å²) < 4.78 is 13.2. The summed E-state index contributed by atoms with van der Waals surface area (Å²) in [5.74, 6) is -0.586. The van der Waals surface area contributed by atoms with Crippen LogP contribution in [0.2, 0.25) is 10.0 Å². The minimum Gasteiger partial charge on any atom is -0.375 e. The second-order valence-corrected chi connectivity index (χ2v) is 5.54. The largest absolute Gasteiger partial charge is 0.375 e. The quantitative estimate of drug-likeness (QED) is 0.847. The molecular weight excluding hydrogens is 282 g/mol. The number of thiazole rings is 1. The summed E-state index contributed by atoms with van der Waals surface area (Å²) >= 11 is 12.9. The zero-order valence-electron chi connectivity index (χ0n) is 8.93. The van der Waals surface area contributed by atoms with Crippen LogP contribution < -0.4 is 5.73 Å². The van der Waals surface area contributed by atoms with E-state index in [2.05, 4.69) is 4.98 Å². The van der Waals surface area contributed by atoms with E-state index in [1.54, 1.807) is 12.1 Å². The van der Waals surface area contributed by atoms with E-state index in [4.69, 9.17) is 28.9 Å². The maximum absolute atomic E-state index is 13.2. The van der Waals surface area contributed by atoms with Crippen molar-refractivity contribution in [3.63, 3.8) is 0 Å². The molecule has 2 N–H and O–H groups in total. The van der Waals surface area contributed by atoms with Gasteiger partial charge in [-0.15, -0.1) is 11.3 Å². The first-order valence-electron chi connectivity index (χ1n) is 4.82. The van der Waals surface area contributed by atoms with Crippen molar-refractivity contribution in [2.24, 2.45) is 0 Å². The molecule has 0 aliphatic carbocycles. The van der Waals surface area contributed by atoms with Gasteiger partial charge in [0.2, 0.25) is 0 Å². The average Bonchev–Trinajstić information content (AvgIpc) is 2.54. The van der Waals surface area contributed by atoms with Crippen LogP contribution in [0.4, 0.5) is 9.52 Å². The zero-order valence-corrected chi connectivity index (χ0v) is 11.3. The number of nitrogens with zero attached hydrogens (tertiary/aromatic N) is 1. The number of hydrogen-bond donors (Lipinski definition) is 1. The molecule has 1 heterocycles. The molecule has 0 aliphatic heterocycles. The number of nitrogen functional groups attached to an aromatic ring is 1. The molecule has 0 atom stereocenters. The van der Waals surface area contributed by atoms with Crippen molar-refractivity contribution in [3.05, 3.63) is 44.1 Å². The SMILES string of the molecule is Cc1nc(N)sc1Cc1cc(Cl)c(F)c(Cl)c1. The fraction of sp³-hybridized carbons (Fsp3) is 0.182. The summed E-state index contributed by atoms with van der Waals surface area (Å²) in [7, 11) is 0. The van der Waals surface area contributed by atoms with Crippen molar-refractivity contribution in [2.75, 3.05) is 5.73 Å². The highest BCUT2D eigenvalue weighted by atomic mass is 35.5. The molecule has 0 fully saturated rings. The molecule has 90 valence electrons. The van der Waals surface area contributed by atoms with Crippen molar-refractivity contribution in [1.82, 2.24) is 4.98 Å². The van der Waals surface area contributed by atoms with Gasteiger partial charge in [-0.2, -0.15) is 0 Å². The lowest BCUT2D eigenvalue weighted by Gasteiger charge is -2.03. The number of benzene rings is 1. The minimum atomic E-state index is -0.586. The van der Waals surface area contributed by atoms with E-state index in [-0.39, 0.29) is 10.0 Å². The van der Waals surface area contributed by atoms with E-state index in [1.807, 2.05) is 6.92 Å². The molecule has 0 unspecified atom stereocenters. The number of rotatable bonds is 2. The van der Waals surface area contributed by atoms with Gasteiger partial charge >= 0.3 is 0 Å². The molecule has 0 saturated carbocycles. The fourth-order valence-electron chi connectivity index (χ4n) is 1.51. The van der Waals surface area contributed by atoms with Crippen LogP contribution in [-0.4, -0.2) is 4.98 Å². The Kier molecular flexibility index (Phi) is 3.56. The topological polar surface area (TPSA) is 38.9 Å². The third-order valence-electron chi connectivity index (χ3n) is 2.32. The summed E-state index contributed by atoms with van der Waals surface area (Å²) in [5.41, 5.74) is 7.33.